The Labute approximate surface area is 65.5 Å². The number of hydrogen-bond donors (Lipinski definition) is 1. The van der Waals surface area contributed by atoms with Crippen LogP contribution in [0.1, 0.15) is 11.7 Å². The highest BCUT2D eigenvalue weighted by Gasteiger charge is 2.05. The van der Waals surface area contributed by atoms with Crippen LogP contribution in [0.25, 0.3) is 0 Å². The molecule has 0 amide bonds. The van der Waals surface area contributed by atoms with Crippen molar-refractivity contribution in [1.82, 2.24) is 9.55 Å². The summed E-state index contributed by atoms with van der Waals surface area (Å²) in [6, 6.07) is 0. The van der Waals surface area contributed by atoms with E-state index in [2.05, 4.69) is 0 Å². The van der Waals surface area contributed by atoms with Gasteiger partial charge in [0.25, 0.3) is 5.56 Å². The van der Waals surface area contributed by atoms with Gasteiger partial charge in [0.15, 0.2) is 0 Å². The number of hydrogen-bond acceptors (Lipinski definition) is 3. The maximum Gasteiger partial charge on any atom is 0.335 e. The summed E-state index contributed by atoms with van der Waals surface area (Å²) in [5.41, 5.74) is -2.06. The Bertz CT molecular complexity index is 431. The molecular formula is C6H5FN2O3. The van der Waals surface area contributed by atoms with Crippen molar-refractivity contribution in [1.29, 1.82) is 0 Å². The fraction of sp³-hybridized carbons (Fsp3) is 0.167. The van der Waals surface area contributed by atoms with Gasteiger partial charge in [-0.25, -0.2) is 9.36 Å². The van der Waals surface area contributed by atoms with Gasteiger partial charge in [-0.2, -0.15) is 4.39 Å². The van der Waals surface area contributed by atoms with Crippen LogP contribution in [0.15, 0.2) is 15.8 Å². The molecule has 0 unspecified atom stereocenters. The van der Waals surface area contributed by atoms with Crippen molar-refractivity contribution >= 4 is 5.91 Å². The number of aromatic amines is 1. The van der Waals surface area contributed by atoms with Gasteiger partial charge in [-0.1, -0.05) is 0 Å². The van der Waals surface area contributed by atoms with Crippen molar-refractivity contribution in [2.75, 3.05) is 0 Å². The molecule has 0 aromatic carbocycles. The molecule has 12 heavy (non-hydrogen) atoms. The van der Waals surface area contributed by atoms with E-state index in [1.54, 1.807) is 4.98 Å². The maximum absolute atomic E-state index is 12.5. The first-order chi connectivity index (χ1) is 5.52. The molecule has 0 aliphatic rings. The predicted octanol–water partition coefficient (Wildman–Crippen LogP) is -0.664. The first-order valence-electron chi connectivity index (χ1n) is 3.05. The molecule has 0 aliphatic heterocycles. The number of halogens is 1. The quantitative estimate of drug-likeness (QED) is 0.564. The second kappa shape index (κ2) is 2.72. The molecule has 0 saturated carbocycles. The Morgan fingerprint density at radius 2 is 2.17 bits per heavy atom. The van der Waals surface area contributed by atoms with E-state index >= 15 is 0 Å². The van der Waals surface area contributed by atoms with Crippen molar-refractivity contribution in [3.63, 3.8) is 0 Å². The minimum atomic E-state index is -1.16. The van der Waals surface area contributed by atoms with Gasteiger partial charge in [0.2, 0.25) is 11.7 Å². The van der Waals surface area contributed by atoms with Crippen molar-refractivity contribution in [3.8, 4) is 0 Å². The van der Waals surface area contributed by atoms with Gasteiger partial charge in [0.05, 0.1) is 6.20 Å². The van der Waals surface area contributed by atoms with Crippen LogP contribution in [-0.2, 0) is 0 Å². The minimum Gasteiger partial charge on any atom is -0.274 e. The van der Waals surface area contributed by atoms with Crippen LogP contribution in [0.5, 0.6) is 0 Å². The summed E-state index contributed by atoms with van der Waals surface area (Å²) in [5, 5.41) is 0. The molecule has 0 saturated heterocycles. The van der Waals surface area contributed by atoms with E-state index in [9.17, 15) is 18.8 Å². The minimum absolute atomic E-state index is 0.483. The van der Waals surface area contributed by atoms with Gasteiger partial charge >= 0.3 is 5.69 Å². The fourth-order valence-corrected chi connectivity index (χ4v) is 0.682. The molecule has 0 bridgehead atoms. The number of aromatic nitrogens is 2. The predicted molar refractivity (Wildman–Crippen MR) is 37.6 cm³/mol. The number of carbonyl (C=O) groups excluding carboxylic acids is 1. The molecule has 1 aromatic rings. The number of nitrogens with zero attached hydrogens (tertiary/aromatic N) is 1. The average molecular weight is 172 g/mol. The van der Waals surface area contributed by atoms with Gasteiger partial charge < -0.3 is 0 Å². The van der Waals surface area contributed by atoms with E-state index in [1.165, 1.54) is 0 Å². The zero-order valence-electron chi connectivity index (χ0n) is 6.13. The van der Waals surface area contributed by atoms with Gasteiger partial charge in [-0.05, 0) is 0 Å². The highest BCUT2D eigenvalue weighted by atomic mass is 19.1. The van der Waals surface area contributed by atoms with Crippen molar-refractivity contribution < 1.29 is 9.18 Å². The Balaban J connectivity index is 3.54. The van der Waals surface area contributed by atoms with Crippen molar-refractivity contribution in [2.24, 2.45) is 0 Å². The Kier molecular flexibility index (Phi) is 1.90. The lowest BCUT2D eigenvalue weighted by Gasteiger charge is -1.96. The monoisotopic (exact) mass is 172 g/mol. The zero-order chi connectivity index (χ0) is 9.30. The fourth-order valence-electron chi connectivity index (χ4n) is 0.682. The molecule has 0 fully saturated rings. The molecule has 64 valence electrons. The lowest BCUT2D eigenvalue weighted by atomic mass is 10.5. The van der Waals surface area contributed by atoms with Crippen LogP contribution >= 0.6 is 0 Å². The highest BCUT2D eigenvalue weighted by molar-refractivity contribution is 5.75. The molecule has 6 heteroatoms. The van der Waals surface area contributed by atoms with Gasteiger partial charge in [0, 0.05) is 6.92 Å². The molecule has 5 nitrogen and oxygen atoms in total. The summed E-state index contributed by atoms with van der Waals surface area (Å²) in [5.74, 6) is -1.82. The largest absolute Gasteiger partial charge is 0.335 e. The second-order valence-corrected chi connectivity index (χ2v) is 2.13. The van der Waals surface area contributed by atoms with Crippen LogP contribution in [0.2, 0.25) is 0 Å². The van der Waals surface area contributed by atoms with E-state index in [0.29, 0.717) is 10.8 Å². The standard InChI is InChI=1S/C6H5FN2O3/c1-3(10)9-2-4(7)5(11)8-6(9)12/h2H,1H3,(H,8,11,12). The third kappa shape index (κ3) is 1.31. The summed E-state index contributed by atoms with van der Waals surface area (Å²) in [7, 11) is 0. The van der Waals surface area contributed by atoms with E-state index in [1.807, 2.05) is 0 Å². The highest BCUT2D eigenvalue weighted by Crippen LogP contribution is 1.82. The topological polar surface area (TPSA) is 71.9 Å². The Morgan fingerprint density at radius 1 is 1.58 bits per heavy atom. The molecule has 0 spiro atoms. The Hall–Kier alpha value is -1.72. The lowest BCUT2D eigenvalue weighted by Crippen LogP contribution is -2.33. The van der Waals surface area contributed by atoms with Crippen LogP contribution < -0.4 is 11.2 Å². The van der Waals surface area contributed by atoms with Crippen LogP contribution in [0, 0.1) is 5.82 Å². The number of carbonyl (C=O) groups is 1. The maximum atomic E-state index is 12.5. The normalized spacial score (nSPS) is 9.83. The van der Waals surface area contributed by atoms with Gasteiger partial charge in [0.1, 0.15) is 0 Å². The average Bonchev–Trinajstić information content (AvgIpc) is 1.96. The summed E-state index contributed by atoms with van der Waals surface area (Å²) in [6.07, 6.45) is 0.559. The number of H-pyrrole nitrogens is 1. The molecule has 1 heterocycles. The summed E-state index contributed by atoms with van der Waals surface area (Å²) in [6.45, 7) is 1.08. The molecule has 0 aliphatic carbocycles. The molecule has 1 rings (SSSR count). The van der Waals surface area contributed by atoms with E-state index < -0.39 is 23.0 Å². The van der Waals surface area contributed by atoms with Gasteiger partial charge in [-0.3, -0.25) is 14.6 Å². The molecule has 1 aromatic heterocycles. The third-order valence-corrected chi connectivity index (χ3v) is 1.24. The lowest BCUT2D eigenvalue weighted by molar-refractivity contribution is 0.0928. The molecule has 1 N–H and O–H groups in total. The first-order valence-corrected chi connectivity index (χ1v) is 3.05. The second-order valence-electron chi connectivity index (χ2n) is 2.13. The summed E-state index contributed by atoms with van der Waals surface area (Å²) < 4.78 is 12.9. The number of nitrogens with one attached hydrogen (secondary N) is 1. The van der Waals surface area contributed by atoms with Crippen LogP contribution in [0.3, 0.4) is 0 Å². The molecular weight excluding hydrogens is 167 g/mol. The van der Waals surface area contributed by atoms with Crippen LogP contribution in [0.4, 0.5) is 4.39 Å². The van der Waals surface area contributed by atoms with Crippen LogP contribution in [-0.4, -0.2) is 15.5 Å². The van der Waals surface area contributed by atoms with E-state index in [0.717, 1.165) is 6.92 Å². The molecule has 0 atom stereocenters. The summed E-state index contributed by atoms with van der Waals surface area (Å²) >= 11 is 0. The van der Waals surface area contributed by atoms with Crippen molar-refractivity contribution in [3.05, 3.63) is 32.9 Å². The zero-order valence-corrected chi connectivity index (χ0v) is 6.13. The van der Waals surface area contributed by atoms with Crippen molar-refractivity contribution in [2.45, 2.75) is 6.92 Å². The SMILES string of the molecule is CC(=O)n1cc(F)c(=O)[nH]c1=O. The summed E-state index contributed by atoms with van der Waals surface area (Å²) in [4.78, 5) is 33.5. The van der Waals surface area contributed by atoms with E-state index in [-0.39, 0.29) is 0 Å². The third-order valence-electron chi connectivity index (χ3n) is 1.24. The molecule has 0 radical (unpaired) electrons. The smallest absolute Gasteiger partial charge is 0.274 e. The first kappa shape index (κ1) is 8.38. The Morgan fingerprint density at radius 3 is 2.67 bits per heavy atom. The van der Waals surface area contributed by atoms with Gasteiger partial charge in [-0.15, -0.1) is 0 Å². The number of rotatable bonds is 0. The van der Waals surface area contributed by atoms with E-state index in [4.69, 9.17) is 0 Å².